The summed E-state index contributed by atoms with van der Waals surface area (Å²) in [7, 11) is 1.41. The van der Waals surface area contributed by atoms with Gasteiger partial charge in [0.2, 0.25) is 5.60 Å². The molecule has 0 unspecified atom stereocenters. The molecule has 0 amide bonds. The molecule has 5 nitrogen and oxygen atoms in total. The minimum Gasteiger partial charge on any atom is -0.479 e. The fraction of sp³-hybridized carbons (Fsp3) is 0.235. The molecule has 0 atom stereocenters. The Bertz CT molecular complexity index is 516. The fourth-order valence-electron chi connectivity index (χ4n) is 2.08. The topological polar surface area (TPSA) is 92.8 Å². The first-order valence-electron chi connectivity index (χ1n) is 6.84. The second-order valence-electron chi connectivity index (χ2n) is 4.43. The van der Waals surface area contributed by atoms with Crippen LogP contribution in [0.15, 0.2) is 60.7 Å². The Morgan fingerprint density at radius 2 is 1.41 bits per heavy atom. The van der Waals surface area contributed by atoms with Crippen molar-refractivity contribution in [3.05, 3.63) is 71.8 Å². The van der Waals surface area contributed by atoms with E-state index < -0.39 is 11.6 Å². The molecule has 22 heavy (non-hydrogen) atoms. The number of methoxy groups -OCH3 is 1. The number of aliphatic carboxylic acids is 1. The van der Waals surface area contributed by atoms with Crippen LogP contribution in [0.25, 0.3) is 0 Å². The summed E-state index contributed by atoms with van der Waals surface area (Å²) >= 11 is 0. The van der Waals surface area contributed by atoms with Crippen molar-refractivity contribution in [2.75, 3.05) is 20.3 Å². The number of hydrogen-bond donors (Lipinski definition) is 3. The number of benzene rings is 2. The molecule has 0 aliphatic carbocycles. The van der Waals surface area contributed by atoms with Crippen LogP contribution in [-0.2, 0) is 15.1 Å². The van der Waals surface area contributed by atoms with Crippen LogP contribution in [-0.4, -0.2) is 36.4 Å². The van der Waals surface area contributed by atoms with Crippen LogP contribution in [0.3, 0.4) is 0 Å². The predicted octanol–water partition coefficient (Wildman–Crippen LogP) is 1.60. The van der Waals surface area contributed by atoms with Crippen molar-refractivity contribution < 1.29 is 19.7 Å². The van der Waals surface area contributed by atoms with Gasteiger partial charge < -0.3 is 20.7 Å². The molecule has 2 aromatic rings. The monoisotopic (exact) mass is 303 g/mol. The van der Waals surface area contributed by atoms with Crippen molar-refractivity contribution in [2.24, 2.45) is 5.73 Å². The summed E-state index contributed by atoms with van der Waals surface area (Å²) in [6.45, 7) is 0.472. The van der Waals surface area contributed by atoms with Crippen molar-refractivity contribution in [3.63, 3.8) is 0 Å². The van der Waals surface area contributed by atoms with Gasteiger partial charge in [0.25, 0.3) is 0 Å². The van der Waals surface area contributed by atoms with Crippen LogP contribution in [0.5, 0.6) is 0 Å². The third kappa shape index (κ3) is 3.92. The molecule has 0 aliphatic heterocycles. The highest BCUT2D eigenvalue weighted by Gasteiger charge is 2.42. The lowest BCUT2D eigenvalue weighted by atomic mass is 9.86. The van der Waals surface area contributed by atoms with Crippen LogP contribution in [0.1, 0.15) is 11.1 Å². The van der Waals surface area contributed by atoms with Crippen molar-refractivity contribution in [2.45, 2.75) is 5.60 Å². The number of nitrogens with two attached hydrogens (primary N) is 1. The van der Waals surface area contributed by atoms with Gasteiger partial charge in [-0.1, -0.05) is 60.7 Å². The van der Waals surface area contributed by atoms with E-state index in [9.17, 15) is 9.90 Å². The van der Waals surface area contributed by atoms with Crippen LogP contribution in [0, 0.1) is 0 Å². The van der Waals surface area contributed by atoms with Gasteiger partial charge in [-0.15, -0.1) is 0 Å². The smallest absolute Gasteiger partial charge is 0.345 e. The first-order valence-corrected chi connectivity index (χ1v) is 6.84. The maximum absolute atomic E-state index is 11.7. The first kappa shape index (κ1) is 17.8. The number of hydrogen-bond acceptors (Lipinski definition) is 4. The Labute approximate surface area is 130 Å². The van der Waals surface area contributed by atoms with E-state index in [0.29, 0.717) is 17.7 Å². The lowest BCUT2D eigenvalue weighted by Crippen LogP contribution is -2.38. The molecule has 0 bridgehead atoms. The average molecular weight is 303 g/mol. The maximum atomic E-state index is 11.7. The van der Waals surface area contributed by atoms with E-state index >= 15 is 0 Å². The van der Waals surface area contributed by atoms with E-state index in [-0.39, 0.29) is 6.61 Å². The number of rotatable bonds is 5. The molecule has 0 saturated carbocycles. The Balaban J connectivity index is 0.000000541. The molecular weight excluding hydrogens is 282 g/mol. The van der Waals surface area contributed by atoms with Crippen molar-refractivity contribution in [3.8, 4) is 0 Å². The van der Waals surface area contributed by atoms with Crippen LogP contribution in [0.2, 0.25) is 0 Å². The van der Waals surface area contributed by atoms with Crippen LogP contribution in [0.4, 0.5) is 0 Å². The van der Waals surface area contributed by atoms with Gasteiger partial charge in [0.15, 0.2) is 0 Å². The zero-order valence-electron chi connectivity index (χ0n) is 12.5. The number of aliphatic hydroxyl groups is 1. The van der Waals surface area contributed by atoms with E-state index in [1.165, 1.54) is 7.11 Å². The quantitative estimate of drug-likeness (QED) is 0.780. The standard InChI is InChI=1S/C15H14O3.C2H7NO/c1-18-15(14(16)17,12-8-4-2-5-9-12)13-10-6-3-7-11-13;3-1-2-4/h2-11H,1H3,(H,16,17);4H,1-3H2. The molecule has 118 valence electrons. The molecule has 0 saturated heterocycles. The summed E-state index contributed by atoms with van der Waals surface area (Å²) in [6.07, 6.45) is 0. The summed E-state index contributed by atoms with van der Waals surface area (Å²) in [5, 5.41) is 17.4. The summed E-state index contributed by atoms with van der Waals surface area (Å²) in [5.41, 5.74) is 4.53. The highest BCUT2D eigenvalue weighted by Crippen LogP contribution is 2.33. The van der Waals surface area contributed by atoms with Crippen molar-refractivity contribution >= 4 is 5.97 Å². The molecule has 0 fully saturated rings. The molecule has 4 N–H and O–H groups in total. The lowest BCUT2D eigenvalue weighted by molar-refractivity contribution is -0.158. The summed E-state index contributed by atoms with van der Waals surface area (Å²) in [5.74, 6) is -1.03. The van der Waals surface area contributed by atoms with Gasteiger partial charge >= 0.3 is 5.97 Å². The summed E-state index contributed by atoms with van der Waals surface area (Å²) in [6, 6.07) is 17.9. The number of carboxylic acid groups (broad SMARTS) is 1. The summed E-state index contributed by atoms with van der Waals surface area (Å²) < 4.78 is 5.37. The number of carbonyl (C=O) groups is 1. The van der Waals surface area contributed by atoms with Gasteiger partial charge in [0, 0.05) is 13.7 Å². The van der Waals surface area contributed by atoms with Gasteiger partial charge in [0.1, 0.15) is 0 Å². The fourth-order valence-corrected chi connectivity index (χ4v) is 2.08. The normalized spacial score (nSPS) is 10.5. The molecule has 2 rings (SSSR count). The number of aliphatic hydroxyl groups excluding tert-OH is 1. The third-order valence-electron chi connectivity index (χ3n) is 3.10. The third-order valence-corrected chi connectivity index (χ3v) is 3.10. The lowest BCUT2D eigenvalue weighted by Gasteiger charge is -2.28. The maximum Gasteiger partial charge on any atom is 0.345 e. The van der Waals surface area contributed by atoms with E-state index in [1.54, 1.807) is 48.5 Å². The number of ether oxygens (including phenoxy) is 1. The van der Waals surface area contributed by atoms with Gasteiger partial charge in [-0.05, 0) is 11.1 Å². The van der Waals surface area contributed by atoms with Gasteiger partial charge in [-0.3, -0.25) is 0 Å². The Morgan fingerprint density at radius 1 is 1.05 bits per heavy atom. The summed E-state index contributed by atoms with van der Waals surface area (Å²) in [4.78, 5) is 11.7. The zero-order chi connectivity index (χ0) is 16.4. The second kappa shape index (κ2) is 8.94. The molecule has 0 heterocycles. The minimum atomic E-state index is -1.46. The van der Waals surface area contributed by atoms with E-state index in [2.05, 4.69) is 0 Å². The van der Waals surface area contributed by atoms with E-state index in [4.69, 9.17) is 15.6 Å². The zero-order valence-corrected chi connectivity index (χ0v) is 12.5. The van der Waals surface area contributed by atoms with Crippen LogP contribution < -0.4 is 5.73 Å². The molecule has 0 aliphatic rings. The first-order chi connectivity index (χ1) is 10.6. The highest BCUT2D eigenvalue weighted by molar-refractivity contribution is 5.84. The van der Waals surface area contributed by atoms with E-state index in [0.717, 1.165) is 0 Å². The Kier molecular flexibility index (Phi) is 7.25. The molecular formula is C17H21NO4. The van der Waals surface area contributed by atoms with Gasteiger partial charge in [-0.25, -0.2) is 4.79 Å². The van der Waals surface area contributed by atoms with Crippen molar-refractivity contribution in [1.29, 1.82) is 0 Å². The minimum absolute atomic E-state index is 0.0972. The largest absolute Gasteiger partial charge is 0.479 e. The Morgan fingerprint density at radius 3 is 1.64 bits per heavy atom. The van der Waals surface area contributed by atoms with E-state index in [1.807, 2.05) is 12.1 Å². The molecule has 5 heteroatoms. The van der Waals surface area contributed by atoms with Crippen molar-refractivity contribution in [1.82, 2.24) is 0 Å². The molecule has 0 spiro atoms. The Hall–Kier alpha value is -2.21. The highest BCUT2D eigenvalue weighted by atomic mass is 16.5. The average Bonchev–Trinajstić information content (AvgIpc) is 2.58. The predicted molar refractivity (Wildman–Crippen MR) is 84.4 cm³/mol. The molecule has 0 aromatic heterocycles. The molecule has 2 aromatic carbocycles. The van der Waals surface area contributed by atoms with Gasteiger partial charge in [-0.2, -0.15) is 0 Å². The molecule has 0 radical (unpaired) electrons. The van der Waals surface area contributed by atoms with Crippen LogP contribution >= 0.6 is 0 Å². The SMILES string of the molecule is COC(C(=O)O)(c1ccccc1)c1ccccc1.NCCO. The van der Waals surface area contributed by atoms with Gasteiger partial charge in [0.05, 0.1) is 6.61 Å². The second-order valence-corrected chi connectivity index (χ2v) is 4.43. The number of carboxylic acids is 1.